The molecule has 0 radical (unpaired) electrons. The third kappa shape index (κ3) is 2.95. The maximum atomic E-state index is 11.4. The molecule has 0 aromatic rings. The molecule has 2 aliphatic rings. The van der Waals surface area contributed by atoms with Gasteiger partial charge in [0, 0.05) is 32.7 Å². The maximum absolute atomic E-state index is 11.4. The monoisotopic (exact) mass is 226 g/mol. The third-order valence-electron chi connectivity index (χ3n) is 3.71. The van der Waals surface area contributed by atoms with E-state index in [4.69, 9.17) is 4.74 Å². The summed E-state index contributed by atoms with van der Waals surface area (Å²) in [4.78, 5) is 16.1. The van der Waals surface area contributed by atoms with Crippen molar-refractivity contribution in [2.75, 3.05) is 39.8 Å². The lowest BCUT2D eigenvalue weighted by atomic mass is 10.2. The van der Waals surface area contributed by atoms with Gasteiger partial charge in [0.05, 0.1) is 7.11 Å². The molecule has 1 saturated carbocycles. The highest BCUT2D eigenvalue weighted by Crippen LogP contribution is 2.29. The Morgan fingerprint density at radius 1 is 1.31 bits per heavy atom. The van der Waals surface area contributed by atoms with Gasteiger partial charge in [0.2, 0.25) is 0 Å². The molecule has 1 heterocycles. The number of piperazine rings is 1. The molecular formula is C12H22N2O2. The second-order valence-electron chi connectivity index (χ2n) is 4.98. The van der Waals surface area contributed by atoms with Crippen LogP contribution >= 0.6 is 0 Å². The number of rotatable bonds is 4. The van der Waals surface area contributed by atoms with Crippen LogP contribution in [0.2, 0.25) is 0 Å². The highest BCUT2D eigenvalue weighted by Gasteiger charge is 2.29. The number of methoxy groups -OCH3 is 1. The van der Waals surface area contributed by atoms with Gasteiger partial charge in [-0.3, -0.25) is 9.69 Å². The van der Waals surface area contributed by atoms with Crippen molar-refractivity contribution in [3.8, 4) is 0 Å². The number of carbonyl (C=O) groups excluding carboxylic acids is 1. The van der Waals surface area contributed by atoms with E-state index in [2.05, 4.69) is 9.80 Å². The highest BCUT2D eigenvalue weighted by atomic mass is 16.5. The molecular weight excluding hydrogens is 204 g/mol. The molecule has 16 heavy (non-hydrogen) atoms. The quantitative estimate of drug-likeness (QED) is 0.656. The van der Waals surface area contributed by atoms with Crippen molar-refractivity contribution in [2.45, 2.75) is 25.8 Å². The Balaban J connectivity index is 1.73. The molecule has 0 N–H and O–H groups in total. The molecule has 0 bridgehead atoms. The molecule has 0 amide bonds. The largest absolute Gasteiger partial charge is 0.468 e. The van der Waals surface area contributed by atoms with Crippen LogP contribution in [0, 0.1) is 5.92 Å². The first-order valence-electron chi connectivity index (χ1n) is 6.25. The van der Waals surface area contributed by atoms with Crippen molar-refractivity contribution >= 4 is 5.97 Å². The third-order valence-corrected chi connectivity index (χ3v) is 3.71. The van der Waals surface area contributed by atoms with Gasteiger partial charge in [0.1, 0.15) is 6.04 Å². The molecule has 1 aliphatic heterocycles. The lowest BCUT2D eigenvalue weighted by Gasteiger charge is -2.36. The summed E-state index contributed by atoms with van der Waals surface area (Å²) in [7, 11) is 1.46. The van der Waals surface area contributed by atoms with Crippen LogP contribution in [-0.2, 0) is 9.53 Å². The molecule has 0 unspecified atom stereocenters. The van der Waals surface area contributed by atoms with Crippen LogP contribution in [0.1, 0.15) is 19.8 Å². The molecule has 1 saturated heterocycles. The van der Waals surface area contributed by atoms with Crippen molar-refractivity contribution in [3.63, 3.8) is 0 Å². The lowest BCUT2D eigenvalue weighted by molar-refractivity contribution is -0.147. The molecule has 4 nitrogen and oxygen atoms in total. The van der Waals surface area contributed by atoms with Crippen molar-refractivity contribution in [3.05, 3.63) is 0 Å². The fourth-order valence-corrected chi connectivity index (χ4v) is 2.32. The van der Waals surface area contributed by atoms with Crippen LogP contribution in [0.15, 0.2) is 0 Å². The highest BCUT2D eigenvalue weighted by molar-refractivity contribution is 5.75. The number of carbonyl (C=O) groups is 1. The number of hydrogen-bond donors (Lipinski definition) is 0. The Morgan fingerprint density at radius 2 is 1.94 bits per heavy atom. The molecule has 1 aliphatic carbocycles. The van der Waals surface area contributed by atoms with E-state index in [1.165, 1.54) is 26.5 Å². The van der Waals surface area contributed by atoms with Gasteiger partial charge in [-0.15, -0.1) is 0 Å². The molecule has 0 spiro atoms. The molecule has 0 aromatic heterocycles. The van der Waals surface area contributed by atoms with E-state index in [0.29, 0.717) is 0 Å². The van der Waals surface area contributed by atoms with Crippen LogP contribution in [0.4, 0.5) is 0 Å². The van der Waals surface area contributed by atoms with E-state index >= 15 is 0 Å². The van der Waals surface area contributed by atoms with Gasteiger partial charge in [0.25, 0.3) is 0 Å². The SMILES string of the molecule is COC(=O)[C@@H](C)N1CCN(CC2CC2)CC1. The summed E-state index contributed by atoms with van der Waals surface area (Å²) in [5, 5.41) is 0. The van der Waals surface area contributed by atoms with Gasteiger partial charge in [-0.05, 0) is 25.7 Å². The zero-order chi connectivity index (χ0) is 11.5. The fraction of sp³-hybridized carbons (Fsp3) is 0.917. The second kappa shape index (κ2) is 5.15. The summed E-state index contributed by atoms with van der Waals surface area (Å²) in [5.41, 5.74) is 0. The number of nitrogens with zero attached hydrogens (tertiary/aromatic N) is 2. The normalized spacial score (nSPS) is 25.4. The van der Waals surface area contributed by atoms with Gasteiger partial charge in [-0.2, -0.15) is 0 Å². The zero-order valence-corrected chi connectivity index (χ0v) is 10.3. The van der Waals surface area contributed by atoms with E-state index in [0.717, 1.165) is 32.1 Å². The Kier molecular flexibility index (Phi) is 3.82. The average molecular weight is 226 g/mol. The van der Waals surface area contributed by atoms with Crippen LogP contribution < -0.4 is 0 Å². The summed E-state index contributed by atoms with van der Waals surface area (Å²) in [6.45, 7) is 7.37. The van der Waals surface area contributed by atoms with Crippen LogP contribution in [-0.4, -0.2) is 61.6 Å². The minimum Gasteiger partial charge on any atom is -0.468 e. The van der Waals surface area contributed by atoms with Crippen molar-refractivity contribution in [1.29, 1.82) is 0 Å². The molecule has 2 fully saturated rings. The van der Waals surface area contributed by atoms with Crippen LogP contribution in [0.25, 0.3) is 0 Å². The number of ether oxygens (including phenoxy) is 1. The van der Waals surface area contributed by atoms with E-state index in [1.54, 1.807) is 0 Å². The number of esters is 1. The Labute approximate surface area is 97.5 Å². The average Bonchev–Trinajstić information content (AvgIpc) is 3.12. The summed E-state index contributed by atoms with van der Waals surface area (Å²) in [5.74, 6) is 0.847. The van der Waals surface area contributed by atoms with Crippen molar-refractivity contribution in [2.24, 2.45) is 5.92 Å². The maximum Gasteiger partial charge on any atom is 0.322 e. The molecule has 1 atom stereocenters. The van der Waals surface area contributed by atoms with Crippen molar-refractivity contribution in [1.82, 2.24) is 9.80 Å². The van der Waals surface area contributed by atoms with E-state index in [1.807, 2.05) is 6.92 Å². The van der Waals surface area contributed by atoms with E-state index < -0.39 is 0 Å². The zero-order valence-electron chi connectivity index (χ0n) is 10.3. The Bertz CT molecular complexity index is 245. The number of hydrogen-bond acceptors (Lipinski definition) is 4. The molecule has 0 aromatic carbocycles. The lowest BCUT2D eigenvalue weighted by Crippen LogP contribution is -2.52. The van der Waals surface area contributed by atoms with E-state index in [-0.39, 0.29) is 12.0 Å². The van der Waals surface area contributed by atoms with Crippen molar-refractivity contribution < 1.29 is 9.53 Å². The fourth-order valence-electron chi connectivity index (χ4n) is 2.32. The van der Waals surface area contributed by atoms with Gasteiger partial charge in [-0.1, -0.05) is 0 Å². The van der Waals surface area contributed by atoms with E-state index in [9.17, 15) is 4.79 Å². The van der Waals surface area contributed by atoms with Crippen LogP contribution in [0.3, 0.4) is 0 Å². The molecule has 2 rings (SSSR count). The summed E-state index contributed by atoms with van der Waals surface area (Å²) in [6, 6.07) is -0.0897. The minimum atomic E-state index is -0.115. The smallest absolute Gasteiger partial charge is 0.322 e. The standard InChI is InChI=1S/C12H22N2O2/c1-10(12(15)16-2)14-7-5-13(6-8-14)9-11-3-4-11/h10-11H,3-9H2,1-2H3/t10-/m1/s1. The van der Waals surface area contributed by atoms with Crippen LogP contribution in [0.5, 0.6) is 0 Å². The van der Waals surface area contributed by atoms with Gasteiger partial charge in [-0.25, -0.2) is 0 Å². The summed E-state index contributed by atoms with van der Waals surface area (Å²) < 4.78 is 4.77. The minimum absolute atomic E-state index is 0.0897. The Morgan fingerprint density at radius 3 is 2.44 bits per heavy atom. The summed E-state index contributed by atoms with van der Waals surface area (Å²) in [6.07, 6.45) is 2.83. The van der Waals surface area contributed by atoms with Gasteiger partial charge in [0.15, 0.2) is 0 Å². The van der Waals surface area contributed by atoms with Gasteiger partial charge < -0.3 is 9.64 Å². The first-order valence-corrected chi connectivity index (χ1v) is 6.25. The predicted molar refractivity (Wildman–Crippen MR) is 62.2 cm³/mol. The molecule has 4 heteroatoms. The molecule has 92 valence electrons. The van der Waals surface area contributed by atoms with Gasteiger partial charge >= 0.3 is 5.97 Å². The first kappa shape index (κ1) is 11.9. The predicted octanol–water partition coefficient (Wildman–Crippen LogP) is 0.575. The Hall–Kier alpha value is -0.610. The second-order valence-corrected chi connectivity index (χ2v) is 4.98. The topological polar surface area (TPSA) is 32.8 Å². The first-order chi connectivity index (χ1) is 7.70. The summed E-state index contributed by atoms with van der Waals surface area (Å²) >= 11 is 0.